The zero-order chi connectivity index (χ0) is 11.8. The highest BCUT2D eigenvalue weighted by atomic mass is 16.3. The van der Waals surface area contributed by atoms with Crippen LogP contribution in [-0.4, -0.2) is 18.3 Å². The van der Waals surface area contributed by atoms with Crippen molar-refractivity contribution in [1.29, 1.82) is 5.26 Å². The molecule has 0 saturated carbocycles. The van der Waals surface area contributed by atoms with Gasteiger partial charge in [0.1, 0.15) is 0 Å². The van der Waals surface area contributed by atoms with E-state index < -0.39 is 0 Å². The van der Waals surface area contributed by atoms with Crippen LogP contribution in [0.3, 0.4) is 0 Å². The summed E-state index contributed by atoms with van der Waals surface area (Å²) in [6, 6.07) is 9.72. The van der Waals surface area contributed by atoms with Crippen molar-refractivity contribution in [3.63, 3.8) is 0 Å². The van der Waals surface area contributed by atoms with E-state index in [1.807, 2.05) is 18.2 Å². The summed E-state index contributed by atoms with van der Waals surface area (Å²) in [5.74, 6) is 0.476. The van der Waals surface area contributed by atoms with Crippen LogP contribution in [-0.2, 0) is 6.54 Å². The first-order valence-corrected chi connectivity index (χ1v) is 5.57. The second kappa shape index (κ2) is 7.00. The van der Waals surface area contributed by atoms with Gasteiger partial charge < -0.3 is 10.4 Å². The van der Waals surface area contributed by atoms with E-state index in [0.29, 0.717) is 11.5 Å². The van der Waals surface area contributed by atoms with Gasteiger partial charge in [0.05, 0.1) is 11.6 Å². The third-order valence-electron chi connectivity index (χ3n) is 2.50. The Morgan fingerprint density at radius 2 is 2.31 bits per heavy atom. The Kier molecular flexibility index (Phi) is 5.55. The number of rotatable bonds is 6. The highest BCUT2D eigenvalue weighted by molar-refractivity contribution is 5.32. The fourth-order valence-electron chi connectivity index (χ4n) is 1.54. The molecule has 1 aromatic rings. The van der Waals surface area contributed by atoms with Crippen LogP contribution in [0.15, 0.2) is 24.3 Å². The summed E-state index contributed by atoms with van der Waals surface area (Å²) in [6.07, 6.45) is 0.825. The summed E-state index contributed by atoms with van der Waals surface area (Å²) in [5.41, 5.74) is 1.82. The average molecular weight is 218 g/mol. The van der Waals surface area contributed by atoms with Crippen molar-refractivity contribution in [2.24, 2.45) is 5.92 Å². The van der Waals surface area contributed by atoms with Crippen LogP contribution in [0.25, 0.3) is 0 Å². The normalized spacial score (nSPS) is 12.1. The third kappa shape index (κ3) is 4.43. The molecule has 1 atom stereocenters. The molecule has 16 heavy (non-hydrogen) atoms. The molecule has 1 unspecified atom stereocenters. The minimum Gasteiger partial charge on any atom is -0.396 e. The minimum atomic E-state index is 0.243. The highest BCUT2D eigenvalue weighted by Crippen LogP contribution is 2.04. The summed E-state index contributed by atoms with van der Waals surface area (Å²) in [6.45, 7) is 4.00. The van der Waals surface area contributed by atoms with Crippen molar-refractivity contribution >= 4 is 0 Å². The van der Waals surface area contributed by atoms with Crippen LogP contribution >= 0.6 is 0 Å². The molecule has 0 saturated heterocycles. The number of nitrogens with zero attached hydrogens (tertiary/aromatic N) is 1. The Hall–Kier alpha value is -1.37. The Morgan fingerprint density at radius 1 is 1.50 bits per heavy atom. The number of benzene rings is 1. The molecule has 0 aromatic heterocycles. The monoisotopic (exact) mass is 218 g/mol. The maximum atomic E-state index is 8.76. The number of hydrogen-bond acceptors (Lipinski definition) is 3. The number of nitrogens with one attached hydrogen (secondary N) is 1. The molecule has 1 rings (SSSR count). The molecule has 86 valence electrons. The highest BCUT2D eigenvalue weighted by Gasteiger charge is 2.00. The lowest BCUT2D eigenvalue weighted by molar-refractivity contribution is 0.260. The Morgan fingerprint density at radius 3 is 3.00 bits per heavy atom. The zero-order valence-electron chi connectivity index (χ0n) is 9.61. The van der Waals surface area contributed by atoms with Gasteiger partial charge in [-0.05, 0) is 36.6 Å². The van der Waals surface area contributed by atoms with Crippen LogP contribution in [0.5, 0.6) is 0 Å². The fourth-order valence-corrected chi connectivity index (χ4v) is 1.54. The molecule has 0 aliphatic rings. The van der Waals surface area contributed by atoms with Gasteiger partial charge in [-0.25, -0.2) is 0 Å². The maximum absolute atomic E-state index is 8.76. The van der Waals surface area contributed by atoms with E-state index in [9.17, 15) is 0 Å². The topological polar surface area (TPSA) is 56.0 Å². The first kappa shape index (κ1) is 12.7. The van der Waals surface area contributed by atoms with Crippen molar-refractivity contribution < 1.29 is 5.11 Å². The van der Waals surface area contributed by atoms with E-state index in [1.165, 1.54) is 0 Å². The fraction of sp³-hybridized carbons (Fsp3) is 0.462. The first-order valence-electron chi connectivity index (χ1n) is 5.57. The standard InChI is InChI=1S/C13H18N2O/c1-11(5-6-16)9-15-10-13-4-2-3-12(7-13)8-14/h2-4,7,11,15-16H,5-6,9-10H2,1H3. The van der Waals surface area contributed by atoms with E-state index in [4.69, 9.17) is 10.4 Å². The molecule has 0 aliphatic carbocycles. The van der Waals surface area contributed by atoms with Gasteiger partial charge in [-0.3, -0.25) is 0 Å². The Bertz CT molecular complexity index is 357. The molecule has 1 aromatic carbocycles. The first-order chi connectivity index (χ1) is 7.76. The zero-order valence-corrected chi connectivity index (χ0v) is 9.61. The summed E-state index contributed by atoms with van der Waals surface area (Å²) in [5, 5.41) is 20.8. The molecule has 0 amide bonds. The van der Waals surface area contributed by atoms with Crippen molar-refractivity contribution in [2.75, 3.05) is 13.2 Å². The van der Waals surface area contributed by atoms with Crippen molar-refractivity contribution in [3.8, 4) is 6.07 Å². The number of aliphatic hydroxyl groups is 1. The molecule has 0 spiro atoms. The lowest BCUT2D eigenvalue weighted by Crippen LogP contribution is -2.21. The predicted octanol–water partition coefficient (Wildman–Crippen LogP) is 1.67. The molecule has 0 heterocycles. The van der Waals surface area contributed by atoms with Crippen LogP contribution in [0.1, 0.15) is 24.5 Å². The summed E-state index contributed by atoms with van der Waals surface area (Å²) in [4.78, 5) is 0. The van der Waals surface area contributed by atoms with E-state index >= 15 is 0 Å². The van der Waals surface area contributed by atoms with Crippen LogP contribution in [0.2, 0.25) is 0 Å². The van der Waals surface area contributed by atoms with E-state index in [-0.39, 0.29) is 6.61 Å². The number of aliphatic hydroxyl groups excluding tert-OH is 1. The quantitative estimate of drug-likeness (QED) is 0.763. The molecule has 2 N–H and O–H groups in total. The molecular weight excluding hydrogens is 200 g/mol. The molecule has 0 aliphatic heterocycles. The van der Waals surface area contributed by atoms with Crippen LogP contribution < -0.4 is 5.32 Å². The van der Waals surface area contributed by atoms with Gasteiger partial charge in [0.2, 0.25) is 0 Å². The molecule has 0 bridgehead atoms. The van der Waals surface area contributed by atoms with Crippen LogP contribution in [0.4, 0.5) is 0 Å². The van der Waals surface area contributed by atoms with Gasteiger partial charge in [-0.1, -0.05) is 19.1 Å². The molecule has 3 heteroatoms. The Labute approximate surface area is 96.7 Å². The van der Waals surface area contributed by atoms with Crippen LogP contribution in [0, 0.1) is 17.2 Å². The van der Waals surface area contributed by atoms with Gasteiger partial charge in [0.15, 0.2) is 0 Å². The molecule has 0 fully saturated rings. The minimum absolute atomic E-state index is 0.243. The van der Waals surface area contributed by atoms with E-state index in [2.05, 4.69) is 18.3 Å². The second-order valence-corrected chi connectivity index (χ2v) is 4.06. The average Bonchev–Trinajstić information content (AvgIpc) is 2.30. The molecular formula is C13H18N2O. The maximum Gasteiger partial charge on any atom is 0.0991 e. The second-order valence-electron chi connectivity index (χ2n) is 4.06. The van der Waals surface area contributed by atoms with Crippen molar-refractivity contribution in [1.82, 2.24) is 5.32 Å². The molecule has 3 nitrogen and oxygen atoms in total. The van der Waals surface area contributed by atoms with E-state index in [0.717, 1.165) is 25.1 Å². The van der Waals surface area contributed by atoms with Crippen molar-refractivity contribution in [2.45, 2.75) is 19.9 Å². The number of hydrogen-bond donors (Lipinski definition) is 2. The predicted molar refractivity (Wildman–Crippen MR) is 63.7 cm³/mol. The van der Waals surface area contributed by atoms with E-state index in [1.54, 1.807) is 6.07 Å². The summed E-state index contributed by atoms with van der Waals surface area (Å²) in [7, 11) is 0. The summed E-state index contributed by atoms with van der Waals surface area (Å²) < 4.78 is 0. The largest absolute Gasteiger partial charge is 0.396 e. The van der Waals surface area contributed by atoms with Gasteiger partial charge in [-0.2, -0.15) is 5.26 Å². The smallest absolute Gasteiger partial charge is 0.0991 e. The van der Waals surface area contributed by atoms with Gasteiger partial charge in [-0.15, -0.1) is 0 Å². The van der Waals surface area contributed by atoms with Gasteiger partial charge in [0.25, 0.3) is 0 Å². The third-order valence-corrected chi connectivity index (χ3v) is 2.50. The van der Waals surface area contributed by atoms with Gasteiger partial charge >= 0.3 is 0 Å². The SMILES string of the molecule is CC(CCO)CNCc1cccc(C#N)c1. The molecule has 0 radical (unpaired) electrons. The van der Waals surface area contributed by atoms with Gasteiger partial charge in [0, 0.05) is 13.2 Å². The summed E-state index contributed by atoms with van der Waals surface area (Å²) >= 11 is 0. The number of nitriles is 1. The Balaban J connectivity index is 2.34. The van der Waals surface area contributed by atoms with Crippen molar-refractivity contribution in [3.05, 3.63) is 35.4 Å². The lowest BCUT2D eigenvalue weighted by atomic mass is 10.1. The lowest BCUT2D eigenvalue weighted by Gasteiger charge is -2.11.